The summed E-state index contributed by atoms with van der Waals surface area (Å²) in [6, 6.07) is 8.94. The highest BCUT2D eigenvalue weighted by molar-refractivity contribution is 5.85. The van der Waals surface area contributed by atoms with Gasteiger partial charge >= 0.3 is 0 Å². The maximum atomic E-state index is 13.1. The second kappa shape index (κ2) is 10.9. The Hall–Kier alpha value is -2.52. The molecule has 2 unspecified atom stereocenters. The number of hydrogen-bond donors (Lipinski definition) is 2. The summed E-state index contributed by atoms with van der Waals surface area (Å²) in [6.07, 6.45) is 3.14. The summed E-state index contributed by atoms with van der Waals surface area (Å²) in [5, 5.41) is 15.4. The Kier molecular flexibility index (Phi) is 8.53. The molecule has 9 nitrogen and oxygen atoms in total. The van der Waals surface area contributed by atoms with Crippen LogP contribution < -0.4 is 11.1 Å². The number of piperidine rings is 1. The predicted molar refractivity (Wildman–Crippen MR) is 111 cm³/mol. The summed E-state index contributed by atoms with van der Waals surface area (Å²) in [6.45, 7) is 3.20. The van der Waals surface area contributed by atoms with Crippen LogP contribution in [0.25, 0.3) is 11.4 Å². The first-order valence-electron chi connectivity index (χ1n) is 9.72. The van der Waals surface area contributed by atoms with Gasteiger partial charge in [-0.1, -0.05) is 30.3 Å². The van der Waals surface area contributed by atoms with Gasteiger partial charge in [0, 0.05) is 37.7 Å². The number of nitrogens with two attached hydrogens (primary N) is 1. The van der Waals surface area contributed by atoms with Crippen molar-refractivity contribution in [2.24, 2.45) is 5.73 Å². The van der Waals surface area contributed by atoms with E-state index in [0.29, 0.717) is 31.9 Å². The van der Waals surface area contributed by atoms with Gasteiger partial charge < -0.3 is 16.0 Å². The van der Waals surface area contributed by atoms with E-state index in [2.05, 4.69) is 20.7 Å². The molecule has 0 aliphatic carbocycles. The van der Waals surface area contributed by atoms with Crippen molar-refractivity contribution in [1.82, 2.24) is 30.4 Å². The lowest BCUT2D eigenvalue weighted by Crippen LogP contribution is -2.51. The first-order valence-corrected chi connectivity index (χ1v) is 9.72. The average Bonchev–Trinajstić information content (AvgIpc) is 3.22. The summed E-state index contributed by atoms with van der Waals surface area (Å²) in [5.74, 6) is 0.346. The van der Waals surface area contributed by atoms with E-state index in [0.717, 1.165) is 24.8 Å². The third-order valence-electron chi connectivity index (χ3n) is 4.98. The fourth-order valence-corrected chi connectivity index (χ4v) is 3.38. The van der Waals surface area contributed by atoms with Gasteiger partial charge in [0.15, 0.2) is 0 Å². The maximum Gasteiger partial charge on any atom is 0.249 e. The highest BCUT2D eigenvalue weighted by atomic mass is 35.5. The fourth-order valence-electron chi connectivity index (χ4n) is 3.38. The quantitative estimate of drug-likeness (QED) is 0.692. The van der Waals surface area contributed by atoms with Crippen LogP contribution in [0.2, 0.25) is 0 Å². The van der Waals surface area contributed by atoms with E-state index >= 15 is 0 Å². The van der Waals surface area contributed by atoms with Gasteiger partial charge in [0.2, 0.25) is 17.6 Å². The van der Waals surface area contributed by atoms with Crippen LogP contribution in [0, 0.1) is 0 Å². The Balaban J connectivity index is 0.00000300. The number of rotatable bonds is 7. The van der Waals surface area contributed by atoms with Crippen LogP contribution in [0.1, 0.15) is 38.6 Å². The molecule has 1 aliphatic rings. The molecule has 1 saturated heterocycles. The van der Waals surface area contributed by atoms with Crippen molar-refractivity contribution in [2.45, 2.75) is 44.7 Å². The van der Waals surface area contributed by atoms with Crippen molar-refractivity contribution >= 4 is 24.2 Å². The number of hydrogen-bond acceptors (Lipinski definition) is 6. The number of aromatic nitrogens is 4. The van der Waals surface area contributed by atoms with Crippen LogP contribution in [0.4, 0.5) is 0 Å². The number of carbonyl (C=O) groups excluding carboxylic acids is 2. The van der Waals surface area contributed by atoms with Crippen LogP contribution >= 0.6 is 12.4 Å². The molecule has 29 heavy (non-hydrogen) atoms. The molecule has 2 aromatic rings. The Labute approximate surface area is 176 Å². The average molecular weight is 422 g/mol. The molecule has 2 atom stereocenters. The molecular formula is C19H28ClN7O2. The number of benzene rings is 1. The highest BCUT2D eigenvalue weighted by Crippen LogP contribution is 2.21. The van der Waals surface area contributed by atoms with Crippen molar-refractivity contribution in [3.63, 3.8) is 0 Å². The van der Waals surface area contributed by atoms with Gasteiger partial charge in [-0.15, -0.1) is 22.6 Å². The normalized spacial score (nSPS) is 17.3. The summed E-state index contributed by atoms with van der Waals surface area (Å²) in [7, 11) is 0. The largest absolute Gasteiger partial charge is 0.354 e. The molecule has 0 radical (unpaired) electrons. The Morgan fingerprint density at radius 3 is 2.76 bits per heavy atom. The smallest absolute Gasteiger partial charge is 0.249 e. The molecule has 0 saturated carbocycles. The molecule has 3 rings (SSSR count). The summed E-state index contributed by atoms with van der Waals surface area (Å²) < 4.78 is 0. The van der Waals surface area contributed by atoms with E-state index in [1.165, 1.54) is 4.80 Å². The van der Waals surface area contributed by atoms with Gasteiger partial charge in [0.05, 0.1) is 0 Å². The highest BCUT2D eigenvalue weighted by Gasteiger charge is 2.31. The molecule has 2 heterocycles. The number of amides is 2. The fraction of sp³-hybridized carbons (Fsp3) is 0.526. The molecule has 10 heteroatoms. The molecule has 2 amide bonds. The second-order valence-corrected chi connectivity index (χ2v) is 7.00. The Morgan fingerprint density at radius 2 is 2.03 bits per heavy atom. The van der Waals surface area contributed by atoms with Crippen LogP contribution in [0.3, 0.4) is 0 Å². The Morgan fingerprint density at radius 1 is 1.28 bits per heavy atom. The van der Waals surface area contributed by atoms with E-state index in [-0.39, 0.29) is 30.3 Å². The lowest BCUT2D eigenvalue weighted by Gasteiger charge is -2.37. The zero-order valence-electron chi connectivity index (χ0n) is 16.5. The van der Waals surface area contributed by atoms with Crippen LogP contribution in [0.5, 0.6) is 0 Å². The number of carbonyl (C=O) groups is 2. The van der Waals surface area contributed by atoms with Crippen LogP contribution in [-0.2, 0) is 9.59 Å². The minimum atomic E-state index is -0.565. The van der Waals surface area contributed by atoms with Gasteiger partial charge in [-0.3, -0.25) is 9.59 Å². The third kappa shape index (κ3) is 5.74. The van der Waals surface area contributed by atoms with E-state index < -0.39 is 6.04 Å². The van der Waals surface area contributed by atoms with Gasteiger partial charge in [-0.05, 0) is 31.4 Å². The van der Waals surface area contributed by atoms with Crippen molar-refractivity contribution in [1.29, 1.82) is 0 Å². The molecule has 0 bridgehead atoms. The molecule has 0 spiro atoms. The zero-order chi connectivity index (χ0) is 19.9. The number of halogens is 1. The summed E-state index contributed by atoms with van der Waals surface area (Å²) >= 11 is 0. The van der Waals surface area contributed by atoms with E-state index in [9.17, 15) is 9.59 Å². The predicted octanol–water partition coefficient (Wildman–Crippen LogP) is 1.17. The monoisotopic (exact) mass is 421 g/mol. The molecule has 1 aromatic carbocycles. The van der Waals surface area contributed by atoms with Gasteiger partial charge in [-0.2, -0.15) is 4.80 Å². The van der Waals surface area contributed by atoms with E-state index in [1.807, 2.05) is 35.2 Å². The minimum absolute atomic E-state index is 0. The minimum Gasteiger partial charge on any atom is -0.354 e. The van der Waals surface area contributed by atoms with Crippen molar-refractivity contribution < 1.29 is 9.59 Å². The van der Waals surface area contributed by atoms with Crippen LogP contribution in [-0.4, -0.2) is 62.6 Å². The van der Waals surface area contributed by atoms with Gasteiger partial charge in [-0.25, -0.2) is 0 Å². The van der Waals surface area contributed by atoms with Crippen molar-refractivity contribution in [3.05, 3.63) is 30.3 Å². The van der Waals surface area contributed by atoms with Crippen molar-refractivity contribution in [3.8, 4) is 11.4 Å². The molecule has 1 aliphatic heterocycles. The number of nitrogens with zero attached hydrogens (tertiary/aromatic N) is 5. The molecule has 1 aromatic heterocycles. The first kappa shape index (κ1) is 22.8. The van der Waals surface area contributed by atoms with Gasteiger partial charge in [0.1, 0.15) is 6.04 Å². The van der Waals surface area contributed by atoms with Crippen LogP contribution in [0.15, 0.2) is 30.3 Å². The van der Waals surface area contributed by atoms with E-state index in [1.54, 1.807) is 6.92 Å². The van der Waals surface area contributed by atoms with Gasteiger partial charge in [0.25, 0.3) is 0 Å². The van der Waals surface area contributed by atoms with Crippen molar-refractivity contribution in [2.75, 3.05) is 19.6 Å². The summed E-state index contributed by atoms with van der Waals surface area (Å²) in [4.78, 5) is 28.0. The number of tetrazole rings is 1. The molecular weight excluding hydrogens is 394 g/mol. The lowest BCUT2D eigenvalue weighted by molar-refractivity contribution is -0.139. The Bertz CT molecular complexity index is 799. The lowest BCUT2D eigenvalue weighted by atomic mass is 10.0. The summed E-state index contributed by atoms with van der Waals surface area (Å²) in [5.41, 5.74) is 6.27. The van der Waals surface area contributed by atoms with E-state index in [4.69, 9.17) is 5.73 Å². The molecule has 158 valence electrons. The molecule has 3 N–H and O–H groups in total. The number of nitrogens with one attached hydrogen (secondary N) is 1. The second-order valence-electron chi connectivity index (χ2n) is 7.00. The maximum absolute atomic E-state index is 13.1. The zero-order valence-corrected chi connectivity index (χ0v) is 17.3. The molecule has 1 fully saturated rings. The first-order chi connectivity index (χ1) is 13.6. The SMILES string of the molecule is CC(C(=O)N1CCCCC1CNC(=O)CCN)n1nnc(-c2ccccc2)n1.Cl. The number of likely N-dealkylation sites (tertiary alicyclic amines) is 1. The standard InChI is InChI=1S/C19H27N7O2.ClH/c1-14(26-23-18(22-24-26)15-7-3-2-4-8-15)19(28)25-12-6-5-9-16(25)13-21-17(27)10-11-20;/h2-4,7-8,14,16H,5-6,9-13,20H2,1H3,(H,21,27);1H. The third-order valence-corrected chi connectivity index (χ3v) is 4.98. The topological polar surface area (TPSA) is 119 Å².